The van der Waals surface area contributed by atoms with Gasteiger partial charge in [0, 0.05) is 18.3 Å². The molecule has 0 atom stereocenters. The summed E-state index contributed by atoms with van der Waals surface area (Å²) in [5.41, 5.74) is 0.955. The Bertz CT molecular complexity index is 398. The van der Waals surface area contributed by atoms with Crippen LogP contribution in [-0.2, 0) is 16.4 Å². The average Bonchev–Trinajstić information content (AvgIpc) is 2.51. The maximum Gasteiger partial charge on any atom is 0.211 e. The fourth-order valence-corrected chi connectivity index (χ4v) is 2.94. The molecular formula is C9H16N2O2S2. The zero-order valence-corrected chi connectivity index (χ0v) is 10.6. The van der Waals surface area contributed by atoms with E-state index in [-0.39, 0.29) is 5.75 Å². The summed E-state index contributed by atoms with van der Waals surface area (Å²) in [5.74, 6) is 0.198. The molecule has 0 saturated carbocycles. The molecule has 6 heteroatoms. The molecule has 15 heavy (non-hydrogen) atoms. The number of thiazole rings is 1. The van der Waals surface area contributed by atoms with Crippen molar-refractivity contribution in [3.63, 3.8) is 0 Å². The SMILES string of the molecule is CCCS(=O)(=O)NCCc1csc(C)n1. The highest BCUT2D eigenvalue weighted by Crippen LogP contribution is 2.07. The van der Waals surface area contributed by atoms with E-state index in [0.29, 0.717) is 19.4 Å². The van der Waals surface area contributed by atoms with Crippen LogP contribution in [0.5, 0.6) is 0 Å². The quantitative estimate of drug-likeness (QED) is 0.826. The van der Waals surface area contributed by atoms with Crippen molar-refractivity contribution in [1.29, 1.82) is 0 Å². The Balaban J connectivity index is 2.33. The zero-order chi connectivity index (χ0) is 11.3. The molecule has 1 aromatic heterocycles. The van der Waals surface area contributed by atoms with Crippen LogP contribution in [0, 0.1) is 6.92 Å². The largest absolute Gasteiger partial charge is 0.247 e. The van der Waals surface area contributed by atoms with Gasteiger partial charge in [-0.3, -0.25) is 0 Å². The Morgan fingerprint density at radius 2 is 2.27 bits per heavy atom. The summed E-state index contributed by atoms with van der Waals surface area (Å²) in [7, 11) is -3.07. The lowest BCUT2D eigenvalue weighted by atomic mass is 10.3. The molecule has 0 unspecified atom stereocenters. The molecule has 0 radical (unpaired) electrons. The number of aromatic nitrogens is 1. The van der Waals surface area contributed by atoms with Crippen molar-refractivity contribution in [3.05, 3.63) is 16.1 Å². The maximum absolute atomic E-state index is 11.3. The van der Waals surface area contributed by atoms with Gasteiger partial charge in [0.15, 0.2) is 0 Å². The molecule has 0 amide bonds. The zero-order valence-electron chi connectivity index (χ0n) is 8.99. The monoisotopic (exact) mass is 248 g/mol. The van der Waals surface area contributed by atoms with Crippen LogP contribution in [0.2, 0.25) is 0 Å². The average molecular weight is 248 g/mol. The topological polar surface area (TPSA) is 59.1 Å². The van der Waals surface area contributed by atoms with Crippen LogP contribution in [0.3, 0.4) is 0 Å². The van der Waals surface area contributed by atoms with Gasteiger partial charge in [-0.2, -0.15) is 0 Å². The van der Waals surface area contributed by atoms with Gasteiger partial charge in [0.1, 0.15) is 0 Å². The van der Waals surface area contributed by atoms with E-state index < -0.39 is 10.0 Å². The Hall–Kier alpha value is -0.460. The standard InChI is InChI=1S/C9H16N2O2S2/c1-3-6-15(12,13)10-5-4-9-7-14-8(2)11-9/h7,10H,3-6H2,1-2H3. The van der Waals surface area contributed by atoms with Gasteiger partial charge in [0.25, 0.3) is 0 Å². The lowest BCUT2D eigenvalue weighted by Gasteiger charge is -2.03. The summed E-state index contributed by atoms with van der Waals surface area (Å²) in [6.45, 7) is 4.23. The van der Waals surface area contributed by atoms with Gasteiger partial charge in [-0.25, -0.2) is 18.1 Å². The van der Waals surface area contributed by atoms with Gasteiger partial charge < -0.3 is 0 Å². The van der Waals surface area contributed by atoms with Crippen molar-refractivity contribution in [3.8, 4) is 0 Å². The number of aryl methyl sites for hydroxylation is 1. The number of hydrogen-bond donors (Lipinski definition) is 1. The van der Waals surface area contributed by atoms with Crippen molar-refractivity contribution in [2.45, 2.75) is 26.7 Å². The van der Waals surface area contributed by atoms with Crippen LogP contribution in [0.15, 0.2) is 5.38 Å². The molecule has 0 spiro atoms. The van der Waals surface area contributed by atoms with E-state index in [0.717, 1.165) is 10.7 Å². The molecule has 0 aliphatic rings. The van der Waals surface area contributed by atoms with Crippen molar-refractivity contribution < 1.29 is 8.42 Å². The van der Waals surface area contributed by atoms with E-state index in [1.807, 2.05) is 19.2 Å². The first-order valence-corrected chi connectivity index (χ1v) is 7.45. The van der Waals surface area contributed by atoms with Gasteiger partial charge in [-0.15, -0.1) is 11.3 Å². The second kappa shape index (κ2) is 5.58. The molecule has 1 rings (SSSR count). The third-order valence-electron chi connectivity index (χ3n) is 1.84. The minimum absolute atomic E-state index is 0.198. The van der Waals surface area contributed by atoms with E-state index in [4.69, 9.17) is 0 Å². The van der Waals surface area contributed by atoms with Crippen LogP contribution in [0.1, 0.15) is 24.0 Å². The number of rotatable bonds is 6. The van der Waals surface area contributed by atoms with Gasteiger partial charge in [-0.05, 0) is 13.3 Å². The molecule has 0 aromatic carbocycles. The van der Waals surface area contributed by atoms with Gasteiger partial charge in [-0.1, -0.05) is 6.92 Å². The summed E-state index contributed by atoms with van der Waals surface area (Å²) >= 11 is 1.58. The smallest absolute Gasteiger partial charge is 0.211 e. The minimum atomic E-state index is -3.07. The Labute approximate surface area is 94.8 Å². The van der Waals surface area contributed by atoms with Crippen LogP contribution in [0.25, 0.3) is 0 Å². The van der Waals surface area contributed by atoms with Crippen molar-refractivity contribution in [2.24, 2.45) is 0 Å². The predicted molar refractivity (Wildman–Crippen MR) is 62.6 cm³/mol. The first-order valence-electron chi connectivity index (χ1n) is 4.92. The first-order chi connectivity index (χ1) is 7.03. The second-order valence-corrected chi connectivity index (χ2v) is 6.31. The maximum atomic E-state index is 11.3. The fraction of sp³-hybridized carbons (Fsp3) is 0.667. The number of nitrogens with one attached hydrogen (secondary N) is 1. The van der Waals surface area contributed by atoms with Gasteiger partial charge >= 0.3 is 0 Å². The molecule has 86 valence electrons. The van der Waals surface area contributed by atoms with Crippen LogP contribution in [0.4, 0.5) is 0 Å². The number of nitrogens with zero attached hydrogens (tertiary/aromatic N) is 1. The van der Waals surface area contributed by atoms with E-state index in [2.05, 4.69) is 9.71 Å². The van der Waals surface area contributed by atoms with Crippen LogP contribution >= 0.6 is 11.3 Å². The highest BCUT2D eigenvalue weighted by Gasteiger charge is 2.07. The van der Waals surface area contributed by atoms with Gasteiger partial charge in [0.2, 0.25) is 10.0 Å². The Morgan fingerprint density at radius 3 is 2.80 bits per heavy atom. The van der Waals surface area contributed by atoms with E-state index in [1.54, 1.807) is 11.3 Å². The normalized spacial score (nSPS) is 11.9. The second-order valence-electron chi connectivity index (χ2n) is 3.32. The third-order valence-corrected chi connectivity index (χ3v) is 4.25. The van der Waals surface area contributed by atoms with E-state index >= 15 is 0 Å². The number of sulfonamides is 1. The van der Waals surface area contributed by atoms with Gasteiger partial charge in [0.05, 0.1) is 16.5 Å². The molecule has 1 N–H and O–H groups in total. The lowest BCUT2D eigenvalue weighted by molar-refractivity contribution is 0.580. The summed E-state index contributed by atoms with van der Waals surface area (Å²) in [4.78, 5) is 4.26. The molecule has 0 saturated heterocycles. The van der Waals surface area contributed by atoms with Crippen LogP contribution < -0.4 is 4.72 Å². The molecular weight excluding hydrogens is 232 g/mol. The third kappa shape index (κ3) is 4.72. The molecule has 0 aliphatic carbocycles. The first kappa shape index (κ1) is 12.6. The molecule has 4 nitrogen and oxygen atoms in total. The summed E-state index contributed by atoms with van der Waals surface area (Å²) in [6, 6.07) is 0. The highest BCUT2D eigenvalue weighted by molar-refractivity contribution is 7.89. The molecule has 0 aliphatic heterocycles. The summed E-state index contributed by atoms with van der Waals surface area (Å²) in [5, 5.41) is 2.98. The summed E-state index contributed by atoms with van der Waals surface area (Å²) in [6.07, 6.45) is 1.30. The Kier molecular flexibility index (Phi) is 4.69. The molecule has 1 heterocycles. The highest BCUT2D eigenvalue weighted by atomic mass is 32.2. The minimum Gasteiger partial charge on any atom is -0.247 e. The van der Waals surface area contributed by atoms with Crippen LogP contribution in [-0.4, -0.2) is 25.7 Å². The van der Waals surface area contributed by atoms with Crippen molar-refractivity contribution in [2.75, 3.05) is 12.3 Å². The van der Waals surface area contributed by atoms with Crippen molar-refractivity contribution in [1.82, 2.24) is 9.71 Å². The lowest BCUT2D eigenvalue weighted by Crippen LogP contribution is -2.28. The van der Waals surface area contributed by atoms with Crippen molar-refractivity contribution >= 4 is 21.4 Å². The Morgan fingerprint density at radius 1 is 1.53 bits per heavy atom. The molecule has 0 bridgehead atoms. The predicted octanol–water partition coefficient (Wildman–Crippen LogP) is 1.32. The fourth-order valence-electron chi connectivity index (χ4n) is 1.20. The number of hydrogen-bond acceptors (Lipinski definition) is 4. The molecule has 0 fully saturated rings. The van der Waals surface area contributed by atoms with E-state index in [9.17, 15) is 8.42 Å². The molecule has 1 aromatic rings. The van der Waals surface area contributed by atoms with E-state index in [1.165, 1.54) is 0 Å². The summed E-state index contributed by atoms with van der Waals surface area (Å²) < 4.78 is 25.1.